The Morgan fingerprint density at radius 3 is 2.46 bits per heavy atom. The third-order valence-electron chi connectivity index (χ3n) is 5.97. The van der Waals surface area contributed by atoms with Gasteiger partial charge >= 0.3 is 5.97 Å². The van der Waals surface area contributed by atoms with Crippen LogP contribution in [0.3, 0.4) is 0 Å². The first kappa shape index (κ1) is 24.3. The maximum absolute atomic E-state index is 12.6. The van der Waals surface area contributed by atoms with Crippen LogP contribution in [-0.4, -0.2) is 55.5 Å². The highest BCUT2D eigenvalue weighted by molar-refractivity contribution is 6.02. The lowest BCUT2D eigenvalue weighted by Crippen LogP contribution is -2.38. The predicted molar refractivity (Wildman–Crippen MR) is 129 cm³/mol. The van der Waals surface area contributed by atoms with Gasteiger partial charge in [-0.05, 0) is 57.4 Å². The average Bonchev–Trinajstić information content (AvgIpc) is 3.23. The second-order valence-corrected chi connectivity index (χ2v) is 8.38. The Bertz CT molecular complexity index is 1220. The van der Waals surface area contributed by atoms with Gasteiger partial charge in [0.05, 0.1) is 12.2 Å². The van der Waals surface area contributed by atoms with Crippen LogP contribution in [0.4, 0.5) is 0 Å². The zero-order valence-electron chi connectivity index (χ0n) is 20.0. The van der Waals surface area contributed by atoms with Gasteiger partial charge in [-0.25, -0.2) is 4.79 Å². The number of likely N-dealkylation sites (tertiary alicyclic amines) is 1. The SMILES string of the molecule is CCOc1cc(C(=O)OCC(=O)c2oc3ccccc3c2C)ccc1OCC(=O)N1CCCCC1. The summed E-state index contributed by atoms with van der Waals surface area (Å²) in [5, 5.41) is 0.845. The van der Waals surface area contributed by atoms with Gasteiger partial charge in [0.15, 0.2) is 30.5 Å². The van der Waals surface area contributed by atoms with Crippen molar-refractivity contribution in [1.82, 2.24) is 4.90 Å². The number of aryl methyl sites for hydroxylation is 1. The summed E-state index contributed by atoms with van der Waals surface area (Å²) in [5.74, 6) is -0.306. The number of ether oxygens (including phenoxy) is 3. The number of para-hydroxylation sites is 1. The molecule has 2 aromatic carbocycles. The van der Waals surface area contributed by atoms with Crippen molar-refractivity contribution in [1.29, 1.82) is 0 Å². The maximum Gasteiger partial charge on any atom is 0.338 e. The van der Waals surface area contributed by atoms with Crippen molar-refractivity contribution in [2.75, 3.05) is 32.9 Å². The molecule has 0 unspecified atom stereocenters. The van der Waals surface area contributed by atoms with Crippen molar-refractivity contribution >= 4 is 28.6 Å². The summed E-state index contributed by atoms with van der Waals surface area (Å²) >= 11 is 0. The molecular formula is C27H29NO7. The van der Waals surface area contributed by atoms with Gasteiger partial charge < -0.3 is 23.5 Å². The molecule has 8 heteroatoms. The molecule has 184 valence electrons. The van der Waals surface area contributed by atoms with Crippen molar-refractivity contribution in [2.24, 2.45) is 0 Å². The summed E-state index contributed by atoms with van der Waals surface area (Å²) < 4.78 is 22.2. The number of hydrogen-bond acceptors (Lipinski definition) is 7. The van der Waals surface area contributed by atoms with Crippen LogP contribution in [0.5, 0.6) is 11.5 Å². The van der Waals surface area contributed by atoms with Crippen molar-refractivity contribution in [3.63, 3.8) is 0 Å². The first-order valence-electron chi connectivity index (χ1n) is 11.8. The number of carbonyl (C=O) groups excluding carboxylic acids is 3. The van der Waals surface area contributed by atoms with E-state index in [1.165, 1.54) is 12.1 Å². The Morgan fingerprint density at radius 2 is 1.71 bits per heavy atom. The van der Waals surface area contributed by atoms with E-state index < -0.39 is 18.4 Å². The van der Waals surface area contributed by atoms with Crippen LogP contribution >= 0.6 is 0 Å². The van der Waals surface area contributed by atoms with E-state index in [0.717, 1.165) is 37.7 Å². The number of piperidine rings is 1. The van der Waals surface area contributed by atoms with E-state index in [1.54, 1.807) is 24.0 Å². The van der Waals surface area contributed by atoms with Gasteiger partial charge in [0.1, 0.15) is 5.58 Å². The van der Waals surface area contributed by atoms with Crippen molar-refractivity contribution < 1.29 is 33.0 Å². The monoisotopic (exact) mass is 479 g/mol. The molecule has 1 fully saturated rings. The minimum absolute atomic E-state index is 0.0740. The van der Waals surface area contributed by atoms with Crippen molar-refractivity contribution in [2.45, 2.75) is 33.1 Å². The van der Waals surface area contributed by atoms with Gasteiger partial charge in [0.2, 0.25) is 5.78 Å². The average molecular weight is 480 g/mol. The Kier molecular flexibility index (Phi) is 7.70. The van der Waals surface area contributed by atoms with E-state index in [4.69, 9.17) is 18.6 Å². The molecule has 4 rings (SSSR count). The van der Waals surface area contributed by atoms with Crippen molar-refractivity contribution in [3.05, 3.63) is 59.4 Å². The number of amides is 1. The fourth-order valence-electron chi connectivity index (χ4n) is 4.12. The first-order valence-corrected chi connectivity index (χ1v) is 11.8. The highest BCUT2D eigenvalue weighted by atomic mass is 16.5. The summed E-state index contributed by atoms with van der Waals surface area (Å²) in [6.45, 7) is 4.89. The van der Waals surface area contributed by atoms with E-state index in [0.29, 0.717) is 29.3 Å². The zero-order chi connectivity index (χ0) is 24.8. The molecule has 2 heterocycles. The summed E-state index contributed by atoms with van der Waals surface area (Å²) in [6, 6.07) is 11.9. The van der Waals surface area contributed by atoms with Crippen LogP contribution in [0.2, 0.25) is 0 Å². The Balaban J connectivity index is 1.38. The summed E-state index contributed by atoms with van der Waals surface area (Å²) in [7, 11) is 0. The number of Topliss-reactive ketones (excluding diaryl/α,β-unsaturated/α-hetero) is 1. The molecule has 1 aromatic heterocycles. The highest BCUT2D eigenvalue weighted by Gasteiger charge is 2.21. The lowest BCUT2D eigenvalue weighted by molar-refractivity contribution is -0.134. The van der Waals surface area contributed by atoms with Crippen LogP contribution in [0.25, 0.3) is 11.0 Å². The largest absolute Gasteiger partial charge is 0.490 e. The molecule has 0 N–H and O–H groups in total. The number of hydrogen-bond donors (Lipinski definition) is 0. The van der Waals surface area contributed by atoms with Gasteiger partial charge in [-0.3, -0.25) is 9.59 Å². The molecule has 1 aliphatic rings. The smallest absolute Gasteiger partial charge is 0.338 e. The maximum atomic E-state index is 12.6. The quantitative estimate of drug-likeness (QED) is 0.328. The minimum Gasteiger partial charge on any atom is -0.490 e. The lowest BCUT2D eigenvalue weighted by atomic mass is 10.1. The number of carbonyl (C=O) groups is 3. The zero-order valence-corrected chi connectivity index (χ0v) is 20.0. The molecule has 0 bridgehead atoms. The fraction of sp³-hybridized carbons (Fsp3) is 0.370. The molecule has 8 nitrogen and oxygen atoms in total. The van der Waals surface area contributed by atoms with Gasteiger partial charge in [-0.1, -0.05) is 18.2 Å². The topological polar surface area (TPSA) is 95.3 Å². The number of ketones is 1. The third-order valence-corrected chi connectivity index (χ3v) is 5.97. The molecule has 0 aliphatic carbocycles. The normalized spacial score (nSPS) is 13.5. The molecule has 0 radical (unpaired) electrons. The highest BCUT2D eigenvalue weighted by Crippen LogP contribution is 2.29. The molecule has 1 aliphatic heterocycles. The number of furan rings is 1. The summed E-state index contributed by atoms with van der Waals surface area (Å²) in [6.07, 6.45) is 3.15. The molecular weight excluding hydrogens is 450 g/mol. The van der Waals surface area contributed by atoms with Crippen LogP contribution < -0.4 is 9.47 Å². The van der Waals surface area contributed by atoms with Crippen LogP contribution in [0.1, 0.15) is 52.7 Å². The number of esters is 1. The number of rotatable bonds is 9. The fourth-order valence-corrected chi connectivity index (χ4v) is 4.12. The van der Waals surface area contributed by atoms with Crippen LogP contribution in [0, 0.1) is 6.92 Å². The number of benzene rings is 2. The Hall–Kier alpha value is -3.81. The lowest BCUT2D eigenvalue weighted by Gasteiger charge is -2.26. The summed E-state index contributed by atoms with van der Waals surface area (Å²) in [4.78, 5) is 39.4. The van der Waals surface area contributed by atoms with E-state index in [9.17, 15) is 14.4 Å². The standard InChI is InChI=1S/C27H29NO7/c1-3-32-24-15-19(11-12-23(24)33-17-25(30)28-13-7-4-8-14-28)27(31)34-16-21(29)26-18(2)20-9-5-6-10-22(20)35-26/h5-6,9-12,15H,3-4,7-8,13-14,16-17H2,1-2H3. The second kappa shape index (κ2) is 11.1. The van der Waals surface area contributed by atoms with Crippen LogP contribution in [-0.2, 0) is 9.53 Å². The number of fused-ring (bicyclic) bond motifs is 1. The molecule has 1 amide bonds. The predicted octanol–water partition coefficient (Wildman–Crippen LogP) is 4.57. The van der Waals surface area contributed by atoms with E-state index in [2.05, 4.69) is 0 Å². The van der Waals surface area contributed by atoms with Gasteiger partial charge in [-0.2, -0.15) is 0 Å². The van der Waals surface area contributed by atoms with Gasteiger partial charge in [-0.15, -0.1) is 0 Å². The van der Waals surface area contributed by atoms with E-state index in [1.807, 2.05) is 25.1 Å². The molecule has 3 aromatic rings. The number of nitrogens with zero attached hydrogens (tertiary/aromatic N) is 1. The van der Waals surface area contributed by atoms with Gasteiger partial charge in [0.25, 0.3) is 5.91 Å². The third kappa shape index (κ3) is 5.65. The second-order valence-electron chi connectivity index (χ2n) is 8.38. The van der Waals surface area contributed by atoms with E-state index >= 15 is 0 Å². The Labute approximate surface area is 203 Å². The first-order chi connectivity index (χ1) is 17.0. The molecule has 1 saturated heterocycles. The van der Waals surface area contributed by atoms with Gasteiger partial charge in [0, 0.05) is 24.0 Å². The minimum atomic E-state index is -0.677. The van der Waals surface area contributed by atoms with Crippen molar-refractivity contribution in [3.8, 4) is 11.5 Å². The molecule has 35 heavy (non-hydrogen) atoms. The molecule has 0 atom stereocenters. The summed E-state index contributed by atoms with van der Waals surface area (Å²) in [5.41, 5.74) is 1.52. The molecule has 0 saturated carbocycles. The Morgan fingerprint density at radius 1 is 0.943 bits per heavy atom. The molecule has 0 spiro atoms. The van der Waals surface area contributed by atoms with E-state index in [-0.39, 0.29) is 23.8 Å². The van der Waals surface area contributed by atoms with Crippen LogP contribution in [0.15, 0.2) is 46.9 Å².